The maximum atomic E-state index is 12.2. The average molecular weight is 352 g/mol. The number of hydrogen-bond acceptors (Lipinski definition) is 4. The van der Waals surface area contributed by atoms with Gasteiger partial charge in [0.2, 0.25) is 5.91 Å². The van der Waals surface area contributed by atoms with Crippen molar-refractivity contribution in [2.75, 3.05) is 39.3 Å². The minimum atomic E-state index is 0.117. The molecule has 26 heavy (non-hydrogen) atoms. The van der Waals surface area contributed by atoms with Crippen molar-refractivity contribution in [3.05, 3.63) is 66.0 Å². The van der Waals surface area contributed by atoms with Crippen LogP contribution in [0.15, 0.2) is 54.7 Å². The first-order valence-electron chi connectivity index (χ1n) is 9.37. The van der Waals surface area contributed by atoms with E-state index >= 15 is 0 Å². The number of hydrogen-bond donors (Lipinski definition) is 1. The fourth-order valence-electron chi connectivity index (χ4n) is 3.25. The van der Waals surface area contributed by atoms with Gasteiger partial charge in [0, 0.05) is 45.5 Å². The summed E-state index contributed by atoms with van der Waals surface area (Å²) in [7, 11) is 0. The Morgan fingerprint density at radius 1 is 1.04 bits per heavy atom. The predicted octanol–water partition coefficient (Wildman–Crippen LogP) is 2.12. The Kier molecular flexibility index (Phi) is 6.75. The van der Waals surface area contributed by atoms with Gasteiger partial charge >= 0.3 is 0 Å². The number of amides is 1. The molecular weight excluding hydrogens is 324 g/mol. The summed E-state index contributed by atoms with van der Waals surface area (Å²) in [5, 5.41) is 3.08. The Balaban J connectivity index is 1.35. The standard InChI is InChI=1S/C21H28N4O/c1-18(19-7-3-2-4-8-19)15-23-21(26)17-25-13-11-24(12-14-25)16-20-9-5-6-10-22-20/h2-10,18H,11-17H2,1H3,(H,23,26)/t18-/m0/s1. The van der Waals surface area contributed by atoms with E-state index in [-0.39, 0.29) is 5.91 Å². The lowest BCUT2D eigenvalue weighted by Gasteiger charge is -2.34. The Morgan fingerprint density at radius 3 is 2.42 bits per heavy atom. The van der Waals surface area contributed by atoms with Crippen molar-refractivity contribution in [2.45, 2.75) is 19.4 Å². The molecule has 1 atom stereocenters. The van der Waals surface area contributed by atoms with E-state index < -0.39 is 0 Å². The summed E-state index contributed by atoms with van der Waals surface area (Å²) in [6.07, 6.45) is 1.84. The van der Waals surface area contributed by atoms with Gasteiger partial charge in [0.1, 0.15) is 0 Å². The number of carbonyl (C=O) groups is 1. The van der Waals surface area contributed by atoms with Gasteiger partial charge in [-0.3, -0.25) is 19.6 Å². The first kappa shape index (κ1) is 18.5. The summed E-state index contributed by atoms with van der Waals surface area (Å²) in [5.74, 6) is 0.446. The summed E-state index contributed by atoms with van der Waals surface area (Å²) in [5.41, 5.74) is 2.37. The summed E-state index contributed by atoms with van der Waals surface area (Å²) < 4.78 is 0. The van der Waals surface area contributed by atoms with Crippen LogP contribution in [0.2, 0.25) is 0 Å². The fraction of sp³-hybridized carbons (Fsp3) is 0.429. The van der Waals surface area contributed by atoms with Gasteiger partial charge in [0.05, 0.1) is 12.2 Å². The molecule has 0 saturated carbocycles. The fourth-order valence-corrected chi connectivity index (χ4v) is 3.25. The van der Waals surface area contributed by atoms with E-state index in [4.69, 9.17) is 0 Å². The topological polar surface area (TPSA) is 48.5 Å². The van der Waals surface area contributed by atoms with E-state index in [0.717, 1.165) is 38.4 Å². The number of aromatic nitrogens is 1. The van der Waals surface area contributed by atoms with E-state index in [1.165, 1.54) is 5.56 Å². The van der Waals surface area contributed by atoms with Crippen LogP contribution < -0.4 is 5.32 Å². The highest BCUT2D eigenvalue weighted by Crippen LogP contribution is 2.13. The molecular formula is C21H28N4O. The highest BCUT2D eigenvalue weighted by molar-refractivity contribution is 5.78. The molecule has 1 fully saturated rings. The van der Waals surface area contributed by atoms with Crippen LogP contribution in [-0.2, 0) is 11.3 Å². The maximum absolute atomic E-state index is 12.2. The van der Waals surface area contributed by atoms with Crippen molar-refractivity contribution in [3.8, 4) is 0 Å². The molecule has 1 N–H and O–H groups in total. The first-order chi connectivity index (χ1) is 12.7. The van der Waals surface area contributed by atoms with Gasteiger partial charge in [-0.15, -0.1) is 0 Å². The second-order valence-corrected chi connectivity index (χ2v) is 6.99. The van der Waals surface area contributed by atoms with Crippen LogP contribution in [0.3, 0.4) is 0 Å². The minimum Gasteiger partial charge on any atom is -0.354 e. The van der Waals surface area contributed by atoms with Crippen LogP contribution >= 0.6 is 0 Å². The second kappa shape index (κ2) is 9.46. The molecule has 1 aliphatic heterocycles. The third-order valence-electron chi connectivity index (χ3n) is 4.92. The van der Waals surface area contributed by atoms with Crippen LogP contribution in [-0.4, -0.2) is 60.0 Å². The van der Waals surface area contributed by atoms with Crippen molar-refractivity contribution in [1.29, 1.82) is 0 Å². The van der Waals surface area contributed by atoms with Crippen LogP contribution in [0.4, 0.5) is 0 Å². The van der Waals surface area contributed by atoms with Gasteiger partial charge in [0.15, 0.2) is 0 Å². The van der Waals surface area contributed by atoms with Crippen LogP contribution in [0.5, 0.6) is 0 Å². The average Bonchev–Trinajstić information content (AvgIpc) is 2.69. The molecule has 0 bridgehead atoms. The van der Waals surface area contributed by atoms with Crippen LogP contribution in [0, 0.1) is 0 Å². The molecule has 5 heteroatoms. The highest BCUT2D eigenvalue weighted by Gasteiger charge is 2.19. The van der Waals surface area contributed by atoms with Crippen molar-refractivity contribution >= 4 is 5.91 Å². The number of carbonyl (C=O) groups excluding carboxylic acids is 1. The maximum Gasteiger partial charge on any atom is 0.234 e. The normalized spacial score (nSPS) is 17.0. The molecule has 2 heterocycles. The first-order valence-corrected chi connectivity index (χ1v) is 9.37. The second-order valence-electron chi connectivity index (χ2n) is 6.99. The lowest BCUT2D eigenvalue weighted by Crippen LogP contribution is -2.49. The molecule has 0 unspecified atom stereocenters. The predicted molar refractivity (Wildman–Crippen MR) is 104 cm³/mol. The number of pyridine rings is 1. The van der Waals surface area contributed by atoms with Crippen molar-refractivity contribution in [2.24, 2.45) is 0 Å². The van der Waals surface area contributed by atoms with Gasteiger partial charge in [-0.05, 0) is 23.6 Å². The van der Waals surface area contributed by atoms with Gasteiger partial charge in [0.25, 0.3) is 0 Å². The molecule has 2 aromatic rings. The Morgan fingerprint density at radius 2 is 1.73 bits per heavy atom. The summed E-state index contributed by atoms with van der Waals surface area (Å²) >= 11 is 0. The van der Waals surface area contributed by atoms with Crippen LogP contribution in [0.25, 0.3) is 0 Å². The Bertz CT molecular complexity index is 669. The SMILES string of the molecule is C[C@@H](CNC(=O)CN1CCN(Cc2ccccn2)CC1)c1ccccc1. The van der Waals surface area contributed by atoms with E-state index in [0.29, 0.717) is 19.0 Å². The zero-order chi connectivity index (χ0) is 18.2. The van der Waals surface area contributed by atoms with Crippen molar-refractivity contribution < 1.29 is 4.79 Å². The lowest BCUT2D eigenvalue weighted by atomic mass is 10.0. The minimum absolute atomic E-state index is 0.117. The molecule has 1 amide bonds. The Labute approximate surface area is 156 Å². The molecule has 0 aliphatic carbocycles. The van der Waals surface area contributed by atoms with Crippen LogP contribution in [0.1, 0.15) is 24.1 Å². The monoisotopic (exact) mass is 352 g/mol. The van der Waals surface area contributed by atoms with E-state index in [1.54, 1.807) is 0 Å². The molecule has 1 aromatic heterocycles. The molecule has 5 nitrogen and oxygen atoms in total. The molecule has 138 valence electrons. The highest BCUT2D eigenvalue weighted by atomic mass is 16.2. The van der Waals surface area contributed by atoms with Crippen molar-refractivity contribution in [3.63, 3.8) is 0 Å². The molecule has 1 saturated heterocycles. The van der Waals surface area contributed by atoms with Gasteiger partial charge < -0.3 is 5.32 Å². The number of benzene rings is 1. The molecule has 0 radical (unpaired) electrons. The third-order valence-corrected chi connectivity index (χ3v) is 4.92. The zero-order valence-electron chi connectivity index (χ0n) is 15.5. The third kappa shape index (κ3) is 5.64. The summed E-state index contributed by atoms with van der Waals surface area (Å²) in [6, 6.07) is 16.3. The zero-order valence-corrected chi connectivity index (χ0v) is 15.5. The van der Waals surface area contributed by atoms with Gasteiger partial charge in [-0.2, -0.15) is 0 Å². The van der Waals surface area contributed by atoms with Crippen molar-refractivity contribution in [1.82, 2.24) is 20.1 Å². The van der Waals surface area contributed by atoms with E-state index in [1.807, 2.05) is 36.5 Å². The molecule has 1 aliphatic rings. The smallest absolute Gasteiger partial charge is 0.234 e. The molecule has 1 aromatic carbocycles. The number of rotatable bonds is 7. The van der Waals surface area contributed by atoms with Gasteiger partial charge in [-0.25, -0.2) is 0 Å². The lowest BCUT2D eigenvalue weighted by molar-refractivity contribution is -0.122. The quantitative estimate of drug-likeness (QED) is 0.829. The molecule has 3 rings (SSSR count). The molecule has 0 spiro atoms. The Hall–Kier alpha value is -2.24. The van der Waals surface area contributed by atoms with Gasteiger partial charge in [-0.1, -0.05) is 43.3 Å². The number of nitrogens with one attached hydrogen (secondary N) is 1. The number of nitrogens with zero attached hydrogens (tertiary/aromatic N) is 3. The summed E-state index contributed by atoms with van der Waals surface area (Å²) in [4.78, 5) is 21.3. The largest absolute Gasteiger partial charge is 0.354 e. The van der Waals surface area contributed by atoms with E-state index in [2.05, 4.69) is 45.2 Å². The summed E-state index contributed by atoms with van der Waals surface area (Å²) in [6.45, 7) is 8.00. The van der Waals surface area contributed by atoms with E-state index in [9.17, 15) is 4.79 Å². The number of piperazine rings is 1.